The van der Waals surface area contributed by atoms with Crippen molar-refractivity contribution in [2.45, 2.75) is 25.0 Å². The fourth-order valence-electron chi connectivity index (χ4n) is 4.96. The number of aromatic nitrogens is 2. The fraction of sp³-hybridized carbons (Fsp3) is 0.722. The summed E-state index contributed by atoms with van der Waals surface area (Å²) in [5, 5.41) is 3.31. The maximum Gasteiger partial charge on any atom is 0.226 e. The number of carbonyl (C=O) groups is 1. The Bertz CT molecular complexity index is 632. The monoisotopic (exact) mass is 344 g/mol. The lowest BCUT2D eigenvalue weighted by Crippen LogP contribution is -2.54. The summed E-state index contributed by atoms with van der Waals surface area (Å²) in [6.45, 7) is 3.70. The minimum atomic E-state index is 0.128. The average molecular weight is 344 g/mol. The van der Waals surface area contributed by atoms with Crippen molar-refractivity contribution in [3.05, 3.63) is 18.5 Å². The van der Waals surface area contributed by atoms with E-state index >= 15 is 0 Å². The first kappa shape index (κ1) is 15.5. The molecule has 0 bridgehead atoms. The number of nitrogens with zero attached hydrogens (tertiary/aromatic N) is 3. The third-order valence-electron chi connectivity index (χ3n) is 6.33. The highest BCUT2D eigenvalue weighted by molar-refractivity contribution is 5.83. The van der Waals surface area contributed by atoms with Gasteiger partial charge in [-0.1, -0.05) is 0 Å². The molecule has 1 amide bonds. The second-order valence-electron chi connectivity index (χ2n) is 7.62. The summed E-state index contributed by atoms with van der Waals surface area (Å²) < 4.78 is 11.5. The molecular weight excluding hydrogens is 320 g/mol. The summed E-state index contributed by atoms with van der Waals surface area (Å²) in [5.41, 5.74) is 0. The second-order valence-corrected chi connectivity index (χ2v) is 7.62. The van der Waals surface area contributed by atoms with Crippen LogP contribution in [0.4, 0.5) is 5.95 Å². The molecule has 6 atom stereocenters. The normalized spacial score (nSPS) is 39.0. The lowest BCUT2D eigenvalue weighted by Gasteiger charge is -2.39. The highest BCUT2D eigenvalue weighted by atomic mass is 16.5. The number of hydrogen-bond acceptors (Lipinski definition) is 6. The maximum absolute atomic E-state index is 13.0. The van der Waals surface area contributed by atoms with Crippen LogP contribution >= 0.6 is 0 Å². The van der Waals surface area contributed by atoms with Gasteiger partial charge in [-0.2, -0.15) is 0 Å². The molecule has 4 aliphatic rings. The number of hydrogen-bond donors (Lipinski definition) is 1. The second kappa shape index (κ2) is 6.21. The van der Waals surface area contributed by atoms with Crippen molar-refractivity contribution >= 4 is 11.9 Å². The van der Waals surface area contributed by atoms with E-state index in [0.717, 1.165) is 39.1 Å². The van der Waals surface area contributed by atoms with Crippen LogP contribution in [0, 0.1) is 23.7 Å². The van der Waals surface area contributed by atoms with E-state index in [2.05, 4.69) is 20.2 Å². The lowest BCUT2D eigenvalue weighted by molar-refractivity contribution is -0.148. The predicted octanol–water partition coefficient (Wildman–Crippen LogP) is 0.787. The minimum Gasteiger partial charge on any atom is -0.381 e. The zero-order valence-corrected chi connectivity index (χ0v) is 14.2. The first-order valence-electron chi connectivity index (χ1n) is 9.33. The Morgan fingerprint density at radius 1 is 1.24 bits per heavy atom. The van der Waals surface area contributed by atoms with Crippen LogP contribution in [0.1, 0.15) is 12.8 Å². The van der Waals surface area contributed by atoms with Gasteiger partial charge in [0, 0.05) is 37.3 Å². The Balaban J connectivity index is 1.22. The Kier molecular flexibility index (Phi) is 3.86. The number of morpholine rings is 1. The van der Waals surface area contributed by atoms with E-state index in [1.54, 1.807) is 12.4 Å². The van der Waals surface area contributed by atoms with Crippen molar-refractivity contribution in [2.24, 2.45) is 23.7 Å². The number of anilines is 1. The van der Waals surface area contributed by atoms with Crippen LogP contribution < -0.4 is 5.32 Å². The number of carbonyl (C=O) groups excluding carboxylic acids is 1. The predicted molar refractivity (Wildman–Crippen MR) is 89.8 cm³/mol. The highest BCUT2D eigenvalue weighted by Crippen LogP contribution is 2.52. The van der Waals surface area contributed by atoms with Crippen LogP contribution in [-0.2, 0) is 14.3 Å². The van der Waals surface area contributed by atoms with Gasteiger partial charge in [0.15, 0.2) is 0 Å². The summed E-state index contributed by atoms with van der Waals surface area (Å²) in [7, 11) is 0. The van der Waals surface area contributed by atoms with Crippen LogP contribution in [0.2, 0.25) is 0 Å². The van der Waals surface area contributed by atoms with E-state index < -0.39 is 0 Å². The van der Waals surface area contributed by atoms with Gasteiger partial charge in [-0.15, -0.1) is 0 Å². The van der Waals surface area contributed by atoms with Crippen LogP contribution in [0.25, 0.3) is 0 Å². The van der Waals surface area contributed by atoms with Crippen molar-refractivity contribution in [1.82, 2.24) is 14.9 Å². The number of fused-ring (bicyclic) bond motifs is 2. The summed E-state index contributed by atoms with van der Waals surface area (Å²) in [5.74, 6) is 2.55. The molecule has 7 nitrogen and oxygen atoms in total. The van der Waals surface area contributed by atoms with Crippen LogP contribution in [0.3, 0.4) is 0 Å². The summed E-state index contributed by atoms with van der Waals surface area (Å²) in [4.78, 5) is 23.5. The van der Waals surface area contributed by atoms with Crippen molar-refractivity contribution in [3.63, 3.8) is 0 Å². The van der Waals surface area contributed by atoms with Gasteiger partial charge in [0.05, 0.1) is 32.0 Å². The molecule has 4 fully saturated rings. The zero-order valence-electron chi connectivity index (χ0n) is 14.2. The Labute approximate surface area is 147 Å². The zero-order chi connectivity index (χ0) is 16.8. The third-order valence-corrected chi connectivity index (χ3v) is 6.33. The summed E-state index contributed by atoms with van der Waals surface area (Å²) in [6.07, 6.45) is 5.70. The SMILES string of the molecule is O=C(C1[C@H]2COC[C@@H]12)N1CCOC2C(CNc3ncccn3)CCC21. The smallest absolute Gasteiger partial charge is 0.226 e. The molecule has 2 aliphatic carbocycles. The van der Waals surface area contributed by atoms with Gasteiger partial charge in [0.2, 0.25) is 11.9 Å². The fourth-order valence-corrected chi connectivity index (χ4v) is 4.96. The van der Waals surface area contributed by atoms with Crippen molar-refractivity contribution < 1.29 is 14.3 Å². The molecule has 0 spiro atoms. The molecule has 0 radical (unpaired) electrons. The van der Waals surface area contributed by atoms with Gasteiger partial charge in [0.25, 0.3) is 0 Å². The van der Waals surface area contributed by atoms with E-state index in [9.17, 15) is 4.79 Å². The molecular formula is C18H24N4O3. The molecule has 2 aliphatic heterocycles. The molecule has 7 heteroatoms. The number of rotatable bonds is 4. The largest absolute Gasteiger partial charge is 0.381 e. The van der Waals surface area contributed by atoms with Crippen LogP contribution in [0.15, 0.2) is 18.5 Å². The molecule has 1 aromatic heterocycles. The molecule has 0 aromatic carbocycles. The Morgan fingerprint density at radius 3 is 2.84 bits per heavy atom. The van der Waals surface area contributed by atoms with E-state index in [4.69, 9.17) is 9.47 Å². The van der Waals surface area contributed by atoms with Gasteiger partial charge < -0.3 is 19.7 Å². The first-order chi connectivity index (χ1) is 12.3. The molecule has 2 saturated heterocycles. The van der Waals surface area contributed by atoms with E-state index in [-0.39, 0.29) is 18.1 Å². The van der Waals surface area contributed by atoms with E-state index in [0.29, 0.717) is 36.2 Å². The van der Waals surface area contributed by atoms with Crippen LogP contribution in [-0.4, -0.2) is 65.8 Å². The molecule has 4 unspecified atom stereocenters. The first-order valence-corrected chi connectivity index (χ1v) is 9.33. The average Bonchev–Trinajstić information content (AvgIpc) is 3.00. The van der Waals surface area contributed by atoms with Gasteiger partial charge in [-0.25, -0.2) is 9.97 Å². The van der Waals surface area contributed by atoms with Crippen LogP contribution in [0.5, 0.6) is 0 Å². The Morgan fingerprint density at radius 2 is 2.04 bits per heavy atom. The number of amides is 1. The summed E-state index contributed by atoms with van der Waals surface area (Å²) >= 11 is 0. The van der Waals surface area contributed by atoms with Crippen molar-refractivity contribution in [2.75, 3.05) is 38.2 Å². The molecule has 1 aromatic rings. The number of nitrogens with one attached hydrogen (secondary N) is 1. The van der Waals surface area contributed by atoms with Gasteiger partial charge in [-0.3, -0.25) is 4.79 Å². The maximum atomic E-state index is 13.0. The molecule has 5 rings (SSSR count). The molecule has 1 N–H and O–H groups in total. The van der Waals surface area contributed by atoms with Gasteiger partial charge in [-0.05, 0) is 30.7 Å². The van der Waals surface area contributed by atoms with Crippen molar-refractivity contribution in [1.29, 1.82) is 0 Å². The quantitative estimate of drug-likeness (QED) is 0.870. The standard InChI is InChI=1S/C18H24N4O3/c23-17(15-12-9-24-10-13(12)15)22-6-7-25-16-11(2-3-14(16)22)8-21-18-19-4-1-5-20-18/h1,4-5,11-16H,2-3,6-10H2,(H,19,20,21)/t11?,12-,13+,14?,15?,16?. The van der Waals surface area contributed by atoms with E-state index in [1.807, 2.05) is 6.07 Å². The summed E-state index contributed by atoms with van der Waals surface area (Å²) in [6, 6.07) is 2.04. The van der Waals surface area contributed by atoms with Crippen molar-refractivity contribution in [3.8, 4) is 0 Å². The lowest BCUT2D eigenvalue weighted by atomic mass is 10.0. The molecule has 3 heterocycles. The molecule has 134 valence electrons. The Hall–Kier alpha value is -1.73. The van der Waals surface area contributed by atoms with Gasteiger partial charge >= 0.3 is 0 Å². The van der Waals surface area contributed by atoms with Gasteiger partial charge in [0.1, 0.15) is 0 Å². The third kappa shape index (κ3) is 2.69. The minimum absolute atomic E-state index is 0.128. The molecule has 25 heavy (non-hydrogen) atoms. The highest BCUT2D eigenvalue weighted by Gasteiger charge is 2.60. The van der Waals surface area contributed by atoms with E-state index in [1.165, 1.54) is 0 Å². The number of ether oxygens (including phenoxy) is 2. The topological polar surface area (TPSA) is 76.6 Å². The molecule has 2 saturated carbocycles.